The molecule has 0 atom stereocenters. The van der Waals surface area contributed by atoms with Crippen molar-refractivity contribution in [1.82, 2.24) is 4.90 Å². The summed E-state index contributed by atoms with van der Waals surface area (Å²) in [4.78, 5) is 14.3. The fraction of sp³-hybridized carbons (Fsp3) is 0.500. The van der Waals surface area contributed by atoms with Crippen LogP contribution in [0.3, 0.4) is 0 Å². The fourth-order valence-electron chi connectivity index (χ4n) is 1.74. The van der Waals surface area contributed by atoms with Gasteiger partial charge in [-0.25, -0.2) is 0 Å². The molecule has 0 aromatic heterocycles. The van der Waals surface area contributed by atoms with Crippen LogP contribution in [-0.2, 0) is 0 Å². The molecule has 0 radical (unpaired) electrons. The number of hydrogen-bond acceptors (Lipinski definition) is 2. The molecular formula is C14H20BrClN2O. The van der Waals surface area contributed by atoms with E-state index in [2.05, 4.69) is 29.8 Å². The second-order valence-electron chi connectivity index (χ2n) is 5.31. The molecule has 106 valence electrons. The number of benzene rings is 1. The van der Waals surface area contributed by atoms with Gasteiger partial charge in [0.1, 0.15) is 0 Å². The maximum Gasteiger partial charge on any atom is 0.255 e. The zero-order chi connectivity index (χ0) is 14.6. The van der Waals surface area contributed by atoms with Crippen LogP contribution in [-0.4, -0.2) is 30.4 Å². The summed E-state index contributed by atoms with van der Waals surface area (Å²) >= 11 is 9.28. The molecule has 0 aliphatic carbocycles. The maximum atomic E-state index is 12.5. The SMILES string of the molecule is CCN(CC(C)(C)CN)C(=O)c1ccc(Cl)cc1Br. The number of halogens is 2. The number of carbonyl (C=O) groups excluding carboxylic acids is 1. The van der Waals surface area contributed by atoms with E-state index in [0.717, 1.165) is 0 Å². The summed E-state index contributed by atoms with van der Waals surface area (Å²) in [5.74, 6) is -0.00688. The second-order valence-corrected chi connectivity index (χ2v) is 6.60. The van der Waals surface area contributed by atoms with Crippen LogP contribution in [0.25, 0.3) is 0 Å². The van der Waals surface area contributed by atoms with Crippen molar-refractivity contribution in [3.63, 3.8) is 0 Å². The van der Waals surface area contributed by atoms with E-state index < -0.39 is 0 Å². The van der Waals surface area contributed by atoms with Gasteiger partial charge in [0.2, 0.25) is 0 Å². The number of nitrogens with zero attached hydrogens (tertiary/aromatic N) is 1. The van der Waals surface area contributed by atoms with E-state index in [1.54, 1.807) is 23.1 Å². The Labute approximate surface area is 128 Å². The monoisotopic (exact) mass is 346 g/mol. The summed E-state index contributed by atoms with van der Waals surface area (Å²) in [6.45, 7) is 7.90. The van der Waals surface area contributed by atoms with Gasteiger partial charge in [-0.15, -0.1) is 0 Å². The Kier molecular flexibility index (Phi) is 5.83. The van der Waals surface area contributed by atoms with Gasteiger partial charge in [0.15, 0.2) is 0 Å². The lowest BCUT2D eigenvalue weighted by Crippen LogP contribution is -2.42. The van der Waals surface area contributed by atoms with Crippen LogP contribution in [0.5, 0.6) is 0 Å². The normalized spacial score (nSPS) is 11.5. The number of carbonyl (C=O) groups is 1. The molecule has 2 N–H and O–H groups in total. The average molecular weight is 348 g/mol. The van der Waals surface area contributed by atoms with E-state index in [9.17, 15) is 4.79 Å². The predicted octanol–water partition coefficient (Wildman–Crippen LogP) is 3.55. The van der Waals surface area contributed by atoms with Gasteiger partial charge in [-0.1, -0.05) is 25.4 Å². The average Bonchev–Trinajstić information content (AvgIpc) is 2.35. The first-order valence-electron chi connectivity index (χ1n) is 6.25. The second kappa shape index (κ2) is 6.73. The van der Waals surface area contributed by atoms with Gasteiger partial charge in [0, 0.05) is 22.6 Å². The van der Waals surface area contributed by atoms with Crippen molar-refractivity contribution in [3.05, 3.63) is 33.3 Å². The van der Waals surface area contributed by atoms with Gasteiger partial charge in [0.05, 0.1) is 5.56 Å². The molecule has 19 heavy (non-hydrogen) atoms. The minimum absolute atomic E-state index is 0.00688. The Hall–Kier alpha value is -0.580. The summed E-state index contributed by atoms with van der Waals surface area (Å²) < 4.78 is 0.717. The van der Waals surface area contributed by atoms with Gasteiger partial charge in [-0.3, -0.25) is 4.79 Å². The van der Waals surface area contributed by atoms with E-state index in [-0.39, 0.29) is 11.3 Å². The van der Waals surface area contributed by atoms with Crippen molar-refractivity contribution in [2.45, 2.75) is 20.8 Å². The van der Waals surface area contributed by atoms with Crippen LogP contribution in [0.4, 0.5) is 0 Å². The van der Waals surface area contributed by atoms with Gasteiger partial charge in [0.25, 0.3) is 5.91 Å². The molecular weight excluding hydrogens is 328 g/mol. The van der Waals surface area contributed by atoms with Gasteiger partial charge < -0.3 is 10.6 Å². The van der Waals surface area contributed by atoms with Crippen molar-refractivity contribution < 1.29 is 4.79 Å². The first-order chi connectivity index (χ1) is 8.80. The smallest absolute Gasteiger partial charge is 0.255 e. The highest BCUT2D eigenvalue weighted by molar-refractivity contribution is 9.10. The third-order valence-corrected chi connectivity index (χ3v) is 3.89. The third kappa shape index (κ3) is 4.48. The van der Waals surface area contributed by atoms with E-state index >= 15 is 0 Å². The highest BCUT2D eigenvalue weighted by Crippen LogP contribution is 2.24. The zero-order valence-corrected chi connectivity index (χ0v) is 13.9. The molecule has 0 spiro atoms. The minimum atomic E-state index is -0.0927. The molecule has 1 amide bonds. The van der Waals surface area contributed by atoms with Gasteiger partial charge in [-0.2, -0.15) is 0 Å². The Morgan fingerprint density at radius 1 is 1.47 bits per heavy atom. The van der Waals surface area contributed by atoms with Crippen molar-refractivity contribution >= 4 is 33.4 Å². The maximum absolute atomic E-state index is 12.5. The van der Waals surface area contributed by atoms with Crippen LogP contribution in [0.15, 0.2) is 22.7 Å². The van der Waals surface area contributed by atoms with Crippen LogP contribution in [0.1, 0.15) is 31.1 Å². The molecule has 0 aliphatic heterocycles. The summed E-state index contributed by atoms with van der Waals surface area (Å²) in [6, 6.07) is 5.20. The highest BCUT2D eigenvalue weighted by Gasteiger charge is 2.24. The summed E-state index contributed by atoms with van der Waals surface area (Å²) in [5, 5.41) is 0.605. The van der Waals surface area contributed by atoms with Gasteiger partial charge in [-0.05, 0) is 53.0 Å². The lowest BCUT2D eigenvalue weighted by atomic mass is 9.93. The first kappa shape index (κ1) is 16.5. The lowest BCUT2D eigenvalue weighted by Gasteiger charge is -2.31. The number of amides is 1. The molecule has 1 aromatic rings. The third-order valence-electron chi connectivity index (χ3n) is 3.00. The molecule has 1 rings (SSSR count). The molecule has 0 heterocycles. The Bertz CT molecular complexity index is 463. The molecule has 3 nitrogen and oxygen atoms in total. The van der Waals surface area contributed by atoms with Crippen molar-refractivity contribution in [2.24, 2.45) is 11.1 Å². The number of rotatable bonds is 5. The van der Waals surface area contributed by atoms with Crippen LogP contribution in [0.2, 0.25) is 5.02 Å². The Balaban J connectivity index is 2.96. The summed E-state index contributed by atoms with van der Waals surface area (Å²) in [6.07, 6.45) is 0. The molecule has 0 aliphatic rings. The minimum Gasteiger partial charge on any atom is -0.338 e. The molecule has 0 saturated carbocycles. The quantitative estimate of drug-likeness (QED) is 0.885. The molecule has 1 aromatic carbocycles. The number of hydrogen-bond donors (Lipinski definition) is 1. The van der Waals surface area contributed by atoms with E-state index in [1.807, 2.05) is 6.92 Å². The van der Waals surface area contributed by atoms with Crippen molar-refractivity contribution in [2.75, 3.05) is 19.6 Å². The lowest BCUT2D eigenvalue weighted by molar-refractivity contribution is 0.0700. The van der Waals surface area contributed by atoms with Crippen LogP contribution in [0, 0.1) is 5.41 Å². The predicted molar refractivity (Wildman–Crippen MR) is 83.6 cm³/mol. The molecule has 0 bridgehead atoms. The molecule has 5 heteroatoms. The Morgan fingerprint density at radius 2 is 2.11 bits per heavy atom. The van der Waals surface area contributed by atoms with Crippen molar-refractivity contribution in [3.8, 4) is 0 Å². The van der Waals surface area contributed by atoms with Crippen LogP contribution < -0.4 is 5.73 Å². The van der Waals surface area contributed by atoms with Crippen LogP contribution >= 0.6 is 27.5 Å². The number of nitrogens with two attached hydrogens (primary N) is 1. The highest BCUT2D eigenvalue weighted by atomic mass is 79.9. The largest absolute Gasteiger partial charge is 0.338 e. The van der Waals surface area contributed by atoms with Gasteiger partial charge >= 0.3 is 0 Å². The summed E-state index contributed by atoms with van der Waals surface area (Å²) in [5.41, 5.74) is 6.26. The zero-order valence-electron chi connectivity index (χ0n) is 11.5. The Morgan fingerprint density at radius 3 is 2.58 bits per heavy atom. The van der Waals surface area contributed by atoms with Crippen molar-refractivity contribution in [1.29, 1.82) is 0 Å². The first-order valence-corrected chi connectivity index (χ1v) is 7.42. The van der Waals surface area contributed by atoms with E-state index in [4.69, 9.17) is 17.3 Å². The topological polar surface area (TPSA) is 46.3 Å². The fourth-order valence-corrected chi connectivity index (χ4v) is 2.59. The molecule has 0 saturated heterocycles. The molecule has 0 unspecified atom stereocenters. The summed E-state index contributed by atoms with van der Waals surface area (Å²) in [7, 11) is 0. The van der Waals surface area contributed by atoms with E-state index in [0.29, 0.717) is 34.7 Å². The van der Waals surface area contributed by atoms with E-state index in [1.165, 1.54) is 0 Å². The standard InChI is InChI=1S/C14H20BrClN2O/c1-4-18(9-14(2,3)8-17)13(19)11-6-5-10(16)7-12(11)15/h5-7H,4,8-9,17H2,1-3H3. The molecule has 0 fully saturated rings.